The van der Waals surface area contributed by atoms with Crippen molar-refractivity contribution >= 4 is 21.6 Å². The highest BCUT2D eigenvalue weighted by Crippen LogP contribution is 2.33. The number of hydrogen-bond donors (Lipinski definition) is 0. The molecular weight excluding hydrogens is 390 g/mol. The number of para-hydroxylation sites is 3. The Morgan fingerprint density at radius 1 is 1.00 bits per heavy atom. The summed E-state index contributed by atoms with van der Waals surface area (Å²) in [6.45, 7) is 5.59. The molecule has 1 aliphatic rings. The molecule has 2 aromatic carbocycles. The number of anilines is 1. The Balaban J connectivity index is 1.82. The number of carbonyl (C=O) groups excluding carboxylic acids is 1. The molecule has 0 N–H and O–H groups in total. The zero-order chi connectivity index (χ0) is 20.9. The van der Waals surface area contributed by atoms with Crippen molar-refractivity contribution in [3.8, 4) is 11.5 Å². The van der Waals surface area contributed by atoms with Gasteiger partial charge in [-0.15, -0.1) is 0 Å². The van der Waals surface area contributed by atoms with E-state index >= 15 is 0 Å². The van der Waals surface area contributed by atoms with Gasteiger partial charge in [0.25, 0.3) is 0 Å². The summed E-state index contributed by atoms with van der Waals surface area (Å²) in [4.78, 5) is 16.8. The van der Waals surface area contributed by atoms with E-state index in [0.29, 0.717) is 30.3 Å². The van der Waals surface area contributed by atoms with Crippen molar-refractivity contribution in [2.45, 2.75) is 6.92 Å². The number of amides is 1. The topological polar surface area (TPSA) is 70.2 Å². The summed E-state index contributed by atoms with van der Waals surface area (Å²) >= 11 is 0. The van der Waals surface area contributed by atoms with Crippen LogP contribution in [0.4, 0.5) is 5.69 Å². The van der Waals surface area contributed by atoms with Crippen LogP contribution in [0, 0.1) is 0 Å². The lowest BCUT2D eigenvalue weighted by atomic mass is 10.2. The van der Waals surface area contributed by atoms with Crippen LogP contribution in [0.1, 0.15) is 6.92 Å². The first-order chi connectivity index (χ1) is 13.9. The summed E-state index contributed by atoms with van der Waals surface area (Å²) in [5.41, 5.74) is 0.347. The molecule has 0 aromatic heterocycles. The van der Waals surface area contributed by atoms with E-state index < -0.39 is 10.0 Å². The van der Waals surface area contributed by atoms with Crippen molar-refractivity contribution < 1.29 is 17.9 Å². The Morgan fingerprint density at radius 3 is 2.24 bits per heavy atom. The van der Waals surface area contributed by atoms with Gasteiger partial charge in [0.15, 0.2) is 5.75 Å². The largest absolute Gasteiger partial charge is 0.455 e. The van der Waals surface area contributed by atoms with E-state index in [1.54, 1.807) is 41.3 Å². The molecule has 0 unspecified atom stereocenters. The highest BCUT2D eigenvalue weighted by molar-refractivity contribution is 7.92. The van der Waals surface area contributed by atoms with Gasteiger partial charge < -0.3 is 14.5 Å². The molecule has 1 amide bonds. The summed E-state index contributed by atoms with van der Waals surface area (Å²) in [5.74, 6) is 0.767. The number of hydrogen-bond acceptors (Lipinski definition) is 5. The fourth-order valence-corrected chi connectivity index (χ4v) is 4.14. The SMILES string of the molecule is CCN1CCN(C(=O)CN(c2ccccc2Oc2ccccc2)S(C)(=O)=O)CC1. The molecule has 3 rings (SSSR count). The molecule has 29 heavy (non-hydrogen) atoms. The number of piperazine rings is 1. The van der Waals surface area contributed by atoms with Gasteiger partial charge in [0, 0.05) is 26.2 Å². The molecule has 0 bridgehead atoms. The smallest absolute Gasteiger partial charge is 0.243 e. The molecule has 0 spiro atoms. The fourth-order valence-electron chi connectivity index (χ4n) is 3.28. The first-order valence-electron chi connectivity index (χ1n) is 9.68. The molecule has 156 valence electrons. The third-order valence-corrected chi connectivity index (χ3v) is 6.08. The van der Waals surface area contributed by atoms with Crippen molar-refractivity contribution in [2.24, 2.45) is 0 Å². The maximum absolute atomic E-state index is 12.9. The van der Waals surface area contributed by atoms with Crippen LogP contribution in [0.25, 0.3) is 0 Å². The minimum Gasteiger partial charge on any atom is -0.455 e. The van der Waals surface area contributed by atoms with Gasteiger partial charge in [0.1, 0.15) is 12.3 Å². The van der Waals surface area contributed by atoms with Crippen molar-refractivity contribution in [3.05, 3.63) is 54.6 Å². The Kier molecular flexibility index (Phi) is 6.76. The number of ether oxygens (including phenoxy) is 1. The summed E-state index contributed by atoms with van der Waals surface area (Å²) < 4.78 is 32.1. The van der Waals surface area contributed by atoms with Crippen LogP contribution in [-0.2, 0) is 14.8 Å². The second kappa shape index (κ2) is 9.28. The third-order valence-electron chi connectivity index (χ3n) is 4.96. The summed E-state index contributed by atoms with van der Waals surface area (Å²) in [6, 6.07) is 16.0. The van der Waals surface area contributed by atoms with E-state index in [9.17, 15) is 13.2 Å². The molecule has 7 nitrogen and oxygen atoms in total. The Labute approximate surface area is 172 Å². The van der Waals surface area contributed by atoms with Gasteiger partial charge >= 0.3 is 0 Å². The predicted molar refractivity (Wildman–Crippen MR) is 114 cm³/mol. The average molecular weight is 418 g/mol. The molecule has 1 aliphatic heterocycles. The van der Waals surface area contributed by atoms with Gasteiger partial charge in [0.05, 0.1) is 11.9 Å². The molecule has 1 saturated heterocycles. The molecule has 2 aromatic rings. The second-order valence-corrected chi connectivity index (χ2v) is 8.87. The van der Waals surface area contributed by atoms with Crippen molar-refractivity contribution in [1.82, 2.24) is 9.80 Å². The molecule has 0 saturated carbocycles. The molecule has 0 radical (unpaired) electrons. The van der Waals surface area contributed by atoms with Gasteiger partial charge in [-0.3, -0.25) is 9.10 Å². The summed E-state index contributed by atoms with van der Waals surface area (Å²) in [6.07, 6.45) is 1.11. The molecule has 0 aliphatic carbocycles. The zero-order valence-electron chi connectivity index (χ0n) is 16.8. The lowest BCUT2D eigenvalue weighted by Gasteiger charge is -2.35. The highest BCUT2D eigenvalue weighted by atomic mass is 32.2. The Morgan fingerprint density at radius 2 is 1.62 bits per heavy atom. The Bertz CT molecular complexity index is 926. The van der Waals surface area contributed by atoms with Crippen molar-refractivity contribution in [3.63, 3.8) is 0 Å². The van der Waals surface area contributed by atoms with Gasteiger partial charge in [-0.2, -0.15) is 0 Å². The third kappa shape index (κ3) is 5.48. The minimum atomic E-state index is -3.69. The lowest BCUT2D eigenvalue weighted by Crippen LogP contribution is -2.51. The maximum Gasteiger partial charge on any atom is 0.243 e. The van der Waals surface area contributed by atoms with Crippen LogP contribution in [0.5, 0.6) is 11.5 Å². The molecular formula is C21H27N3O4S. The number of likely N-dealkylation sites (N-methyl/N-ethyl adjacent to an activating group) is 1. The average Bonchev–Trinajstić information content (AvgIpc) is 2.72. The first kappa shape index (κ1) is 21.1. The molecule has 1 fully saturated rings. The highest BCUT2D eigenvalue weighted by Gasteiger charge is 2.28. The zero-order valence-corrected chi connectivity index (χ0v) is 17.6. The number of nitrogens with zero attached hydrogens (tertiary/aromatic N) is 3. The number of sulfonamides is 1. The fraction of sp³-hybridized carbons (Fsp3) is 0.381. The predicted octanol–water partition coefficient (Wildman–Crippen LogP) is 2.41. The number of rotatable bonds is 7. The second-order valence-electron chi connectivity index (χ2n) is 6.97. The Hall–Kier alpha value is -2.58. The van der Waals surface area contributed by atoms with Crippen molar-refractivity contribution in [2.75, 3.05) is 49.8 Å². The lowest BCUT2D eigenvalue weighted by molar-refractivity contribution is -0.131. The monoisotopic (exact) mass is 417 g/mol. The molecule has 0 atom stereocenters. The van der Waals surface area contributed by atoms with Gasteiger partial charge in [-0.25, -0.2) is 8.42 Å². The van der Waals surface area contributed by atoms with Gasteiger partial charge in [-0.05, 0) is 30.8 Å². The maximum atomic E-state index is 12.9. The number of carbonyl (C=O) groups is 1. The van der Waals surface area contributed by atoms with E-state index in [2.05, 4.69) is 11.8 Å². The standard InChI is InChI=1S/C21H27N3O4S/c1-3-22-13-15-23(16-14-22)21(25)17-24(29(2,26)27)19-11-7-8-12-20(19)28-18-9-5-4-6-10-18/h4-12H,3,13-17H2,1-2H3. The summed E-state index contributed by atoms with van der Waals surface area (Å²) in [7, 11) is -3.69. The van der Waals surface area contributed by atoms with E-state index in [1.165, 1.54) is 0 Å². The van der Waals surface area contributed by atoms with E-state index in [4.69, 9.17) is 4.74 Å². The van der Waals surface area contributed by atoms with Crippen LogP contribution in [0.2, 0.25) is 0 Å². The first-order valence-corrected chi connectivity index (χ1v) is 11.5. The normalized spacial score (nSPS) is 15.2. The van der Waals surface area contributed by atoms with Crippen LogP contribution in [-0.4, -0.2) is 69.6 Å². The molecule has 8 heteroatoms. The van der Waals surface area contributed by atoms with Crippen molar-refractivity contribution in [1.29, 1.82) is 0 Å². The van der Waals surface area contributed by atoms with E-state index in [-0.39, 0.29) is 12.5 Å². The van der Waals surface area contributed by atoms with E-state index in [0.717, 1.165) is 30.2 Å². The molecule has 1 heterocycles. The van der Waals surface area contributed by atoms with Crippen LogP contribution < -0.4 is 9.04 Å². The van der Waals surface area contributed by atoms with Crippen LogP contribution in [0.3, 0.4) is 0 Å². The van der Waals surface area contributed by atoms with E-state index in [1.807, 2.05) is 18.2 Å². The quantitative estimate of drug-likeness (QED) is 0.692. The minimum absolute atomic E-state index is 0.208. The van der Waals surface area contributed by atoms with Gasteiger partial charge in [0.2, 0.25) is 15.9 Å². The van der Waals surface area contributed by atoms with Crippen LogP contribution in [0.15, 0.2) is 54.6 Å². The van der Waals surface area contributed by atoms with Gasteiger partial charge in [-0.1, -0.05) is 37.3 Å². The summed E-state index contributed by atoms with van der Waals surface area (Å²) in [5, 5.41) is 0. The van der Waals surface area contributed by atoms with Crippen LogP contribution >= 0.6 is 0 Å². The number of benzene rings is 2.